The lowest BCUT2D eigenvalue weighted by molar-refractivity contribution is 0.202. The Balaban J connectivity index is 1.25. The lowest BCUT2D eigenvalue weighted by atomic mass is 10.1. The first-order chi connectivity index (χ1) is 13.8. The van der Waals surface area contributed by atoms with Crippen LogP contribution >= 0.6 is 0 Å². The van der Waals surface area contributed by atoms with Crippen LogP contribution in [-0.4, -0.2) is 31.9 Å². The molecule has 0 amide bonds. The zero-order valence-corrected chi connectivity index (χ0v) is 16.1. The van der Waals surface area contributed by atoms with Crippen molar-refractivity contribution in [2.24, 2.45) is 0 Å². The highest BCUT2D eigenvalue weighted by Crippen LogP contribution is 2.28. The van der Waals surface area contributed by atoms with E-state index in [1.54, 1.807) is 7.11 Å². The molecular weight excluding hydrogens is 350 g/mol. The van der Waals surface area contributed by atoms with Gasteiger partial charge >= 0.3 is 0 Å². The van der Waals surface area contributed by atoms with Gasteiger partial charge in [0.25, 0.3) is 0 Å². The summed E-state index contributed by atoms with van der Waals surface area (Å²) in [6.45, 7) is 1.99. The van der Waals surface area contributed by atoms with Gasteiger partial charge in [-0.05, 0) is 42.3 Å². The van der Waals surface area contributed by atoms with Crippen molar-refractivity contribution in [2.75, 3.05) is 26.9 Å². The number of para-hydroxylation sites is 1. The van der Waals surface area contributed by atoms with E-state index in [0.29, 0.717) is 13.2 Å². The van der Waals surface area contributed by atoms with Crippen LogP contribution in [0, 0.1) is 0 Å². The number of hydrogen-bond acceptors (Lipinski definition) is 3. The van der Waals surface area contributed by atoms with Crippen LogP contribution in [0.2, 0.25) is 0 Å². The predicted molar refractivity (Wildman–Crippen MR) is 113 cm³/mol. The summed E-state index contributed by atoms with van der Waals surface area (Å²) in [4.78, 5) is 3.45. The second-order valence-corrected chi connectivity index (χ2v) is 6.82. The van der Waals surface area contributed by atoms with E-state index in [2.05, 4.69) is 47.4 Å². The topological polar surface area (TPSA) is 43.5 Å². The summed E-state index contributed by atoms with van der Waals surface area (Å²) in [6, 6.07) is 22.7. The van der Waals surface area contributed by atoms with Gasteiger partial charge in [0.05, 0.1) is 25.3 Å². The lowest BCUT2D eigenvalue weighted by Crippen LogP contribution is -2.05. The molecule has 0 bridgehead atoms. The second kappa shape index (κ2) is 8.81. The number of benzene rings is 3. The molecule has 0 unspecified atom stereocenters. The summed E-state index contributed by atoms with van der Waals surface area (Å²) in [5.41, 5.74) is 3.50. The van der Waals surface area contributed by atoms with E-state index in [1.807, 2.05) is 24.3 Å². The minimum atomic E-state index is 0.623. The number of aromatic amines is 1. The normalized spacial score (nSPS) is 11.2. The van der Waals surface area contributed by atoms with Gasteiger partial charge in [-0.2, -0.15) is 0 Å². The van der Waals surface area contributed by atoms with E-state index in [0.717, 1.165) is 42.0 Å². The quantitative estimate of drug-likeness (QED) is 0.401. The highest BCUT2D eigenvalue weighted by molar-refractivity contribution is 6.07. The van der Waals surface area contributed by atoms with Gasteiger partial charge in [0.1, 0.15) is 11.5 Å². The van der Waals surface area contributed by atoms with Gasteiger partial charge in [0, 0.05) is 35.9 Å². The standard InChI is InChI=1S/C24H25NO3/c1-26-16-13-18-7-9-19(10-8-18)27-14-4-15-28-20-11-12-22-21-5-2-3-6-23(21)25-24(22)17-20/h2-3,5-12,17,25H,4,13-16H2,1H3. The Morgan fingerprint density at radius 1 is 0.714 bits per heavy atom. The smallest absolute Gasteiger partial charge is 0.121 e. The molecule has 0 spiro atoms. The molecule has 3 aromatic carbocycles. The SMILES string of the molecule is COCCc1ccc(OCCCOc2ccc3c(c2)[nH]c2ccccc23)cc1. The Kier molecular flexibility index (Phi) is 5.78. The molecule has 1 N–H and O–H groups in total. The molecule has 144 valence electrons. The largest absolute Gasteiger partial charge is 0.493 e. The van der Waals surface area contributed by atoms with Gasteiger partial charge in [-0.3, -0.25) is 0 Å². The number of hydrogen-bond donors (Lipinski definition) is 1. The van der Waals surface area contributed by atoms with Crippen molar-refractivity contribution in [2.45, 2.75) is 12.8 Å². The lowest BCUT2D eigenvalue weighted by Gasteiger charge is -2.09. The van der Waals surface area contributed by atoms with Gasteiger partial charge < -0.3 is 19.2 Å². The molecule has 0 saturated carbocycles. The van der Waals surface area contributed by atoms with Crippen LogP contribution in [0.15, 0.2) is 66.7 Å². The highest BCUT2D eigenvalue weighted by Gasteiger charge is 2.05. The summed E-state index contributed by atoms with van der Waals surface area (Å²) >= 11 is 0. The Labute approximate surface area is 165 Å². The monoisotopic (exact) mass is 375 g/mol. The average molecular weight is 375 g/mol. The zero-order chi connectivity index (χ0) is 19.2. The van der Waals surface area contributed by atoms with E-state index in [9.17, 15) is 0 Å². The fourth-order valence-electron chi connectivity index (χ4n) is 3.33. The number of ether oxygens (including phenoxy) is 3. The molecule has 0 aliphatic rings. The first-order valence-corrected chi connectivity index (χ1v) is 9.67. The fraction of sp³-hybridized carbons (Fsp3) is 0.250. The number of aromatic nitrogens is 1. The van der Waals surface area contributed by atoms with Crippen molar-refractivity contribution in [1.29, 1.82) is 0 Å². The van der Waals surface area contributed by atoms with Gasteiger partial charge in [-0.15, -0.1) is 0 Å². The van der Waals surface area contributed by atoms with Gasteiger partial charge in [0.2, 0.25) is 0 Å². The van der Waals surface area contributed by atoms with Crippen molar-refractivity contribution in [3.05, 3.63) is 72.3 Å². The number of fused-ring (bicyclic) bond motifs is 3. The molecule has 0 saturated heterocycles. The van der Waals surface area contributed by atoms with E-state index in [-0.39, 0.29) is 0 Å². The molecule has 1 aromatic heterocycles. The van der Waals surface area contributed by atoms with Gasteiger partial charge in [0.15, 0.2) is 0 Å². The molecular formula is C24H25NO3. The first kappa shape index (κ1) is 18.4. The maximum Gasteiger partial charge on any atom is 0.121 e. The molecule has 0 fully saturated rings. The second-order valence-electron chi connectivity index (χ2n) is 6.82. The fourth-order valence-corrected chi connectivity index (χ4v) is 3.33. The van der Waals surface area contributed by atoms with Crippen LogP contribution in [0.25, 0.3) is 21.8 Å². The van der Waals surface area contributed by atoms with Crippen molar-refractivity contribution >= 4 is 21.8 Å². The summed E-state index contributed by atoms with van der Waals surface area (Å²) in [5.74, 6) is 1.77. The molecule has 4 nitrogen and oxygen atoms in total. The molecule has 28 heavy (non-hydrogen) atoms. The summed E-state index contributed by atoms with van der Waals surface area (Å²) < 4.78 is 16.8. The minimum Gasteiger partial charge on any atom is -0.493 e. The zero-order valence-electron chi connectivity index (χ0n) is 16.1. The Morgan fingerprint density at radius 3 is 2.25 bits per heavy atom. The molecule has 4 rings (SSSR count). The summed E-state index contributed by atoms with van der Waals surface area (Å²) in [6.07, 6.45) is 1.75. The van der Waals surface area contributed by atoms with Crippen LogP contribution in [-0.2, 0) is 11.2 Å². The van der Waals surface area contributed by atoms with E-state index < -0.39 is 0 Å². The predicted octanol–water partition coefficient (Wildman–Crippen LogP) is 5.36. The van der Waals surface area contributed by atoms with Crippen molar-refractivity contribution in [3.8, 4) is 11.5 Å². The average Bonchev–Trinajstić information content (AvgIpc) is 3.10. The van der Waals surface area contributed by atoms with Gasteiger partial charge in [-0.1, -0.05) is 30.3 Å². The van der Waals surface area contributed by atoms with E-state index >= 15 is 0 Å². The molecule has 4 aromatic rings. The summed E-state index contributed by atoms with van der Waals surface area (Å²) in [5, 5.41) is 2.46. The van der Waals surface area contributed by atoms with Crippen molar-refractivity contribution in [1.82, 2.24) is 4.98 Å². The molecule has 4 heteroatoms. The van der Waals surface area contributed by atoms with E-state index in [1.165, 1.54) is 16.3 Å². The van der Waals surface area contributed by atoms with Crippen LogP contribution in [0.1, 0.15) is 12.0 Å². The molecule has 0 radical (unpaired) electrons. The van der Waals surface area contributed by atoms with Crippen LogP contribution in [0.5, 0.6) is 11.5 Å². The maximum atomic E-state index is 5.90. The molecule has 0 aliphatic heterocycles. The minimum absolute atomic E-state index is 0.623. The molecule has 0 aliphatic carbocycles. The van der Waals surface area contributed by atoms with Crippen molar-refractivity contribution < 1.29 is 14.2 Å². The van der Waals surface area contributed by atoms with Gasteiger partial charge in [-0.25, -0.2) is 0 Å². The Bertz CT molecular complexity index is 1040. The number of rotatable bonds is 9. The number of H-pyrrole nitrogens is 1. The third-order valence-corrected chi connectivity index (χ3v) is 4.82. The first-order valence-electron chi connectivity index (χ1n) is 9.67. The third kappa shape index (κ3) is 4.29. The Hall–Kier alpha value is -2.98. The third-order valence-electron chi connectivity index (χ3n) is 4.82. The Morgan fingerprint density at radius 2 is 1.43 bits per heavy atom. The van der Waals surface area contributed by atoms with Crippen LogP contribution in [0.4, 0.5) is 0 Å². The maximum absolute atomic E-state index is 5.90. The molecule has 0 atom stereocenters. The number of nitrogens with one attached hydrogen (secondary N) is 1. The van der Waals surface area contributed by atoms with E-state index in [4.69, 9.17) is 14.2 Å². The van der Waals surface area contributed by atoms with Crippen LogP contribution in [0.3, 0.4) is 0 Å². The van der Waals surface area contributed by atoms with Crippen molar-refractivity contribution in [3.63, 3.8) is 0 Å². The van der Waals surface area contributed by atoms with Crippen LogP contribution < -0.4 is 9.47 Å². The molecule has 1 heterocycles. The number of methoxy groups -OCH3 is 1. The highest BCUT2D eigenvalue weighted by atomic mass is 16.5. The summed E-state index contributed by atoms with van der Waals surface area (Å²) in [7, 11) is 1.72.